The summed E-state index contributed by atoms with van der Waals surface area (Å²) in [5.74, 6) is 0.376. The molecule has 0 saturated heterocycles. The maximum absolute atomic E-state index is 13.0. The van der Waals surface area contributed by atoms with E-state index in [9.17, 15) is 4.79 Å². The zero-order valence-electron chi connectivity index (χ0n) is 19.9. The molecule has 0 aromatic heterocycles. The molecule has 0 spiro atoms. The Balaban J connectivity index is 2.16. The molecule has 1 fully saturated rings. The Hall–Kier alpha value is -1.25. The Bertz CT molecular complexity index is 573. The van der Waals surface area contributed by atoms with Gasteiger partial charge < -0.3 is 9.80 Å². The molecule has 0 bridgehead atoms. The van der Waals surface area contributed by atoms with Crippen LogP contribution in [0.5, 0.6) is 0 Å². The van der Waals surface area contributed by atoms with E-state index in [4.69, 9.17) is 0 Å². The van der Waals surface area contributed by atoms with Gasteiger partial charge in [0.15, 0.2) is 0 Å². The normalized spacial score (nSPS) is 23.1. The van der Waals surface area contributed by atoms with Crippen LogP contribution in [-0.4, -0.2) is 41.4 Å². The average molecular weight is 403 g/mol. The van der Waals surface area contributed by atoms with Crippen molar-refractivity contribution in [3.63, 3.8) is 0 Å². The van der Waals surface area contributed by atoms with Gasteiger partial charge in [0, 0.05) is 37.8 Å². The molecule has 0 aromatic carbocycles. The minimum atomic E-state index is 0.217. The molecule has 0 heterocycles. The first-order valence-corrected chi connectivity index (χ1v) is 12.4. The third kappa shape index (κ3) is 7.19. The van der Waals surface area contributed by atoms with Crippen molar-refractivity contribution in [1.82, 2.24) is 9.80 Å². The van der Waals surface area contributed by atoms with Gasteiger partial charge in [-0.3, -0.25) is 4.79 Å². The number of carbonyl (C=O) groups is 1. The molecule has 1 amide bonds. The second kappa shape index (κ2) is 11.8. The minimum Gasteiger partial charge on any atom is -0.372 e. The Morgan fingerprint density at radius 1 is 1.10 bits per heavy atom. The molecule has 0 radical (unpaired) electrons. The van der Waals surface area contributed by atoms with E-state index in [0.717, 1.165) is 38.9 Å². The highest BCUT2D eigenvalue weighted by Gasteiger charge is 2.47. The Kier molecular flexibility index (Phi) is 9.79. The highest BCUT2D eigenvalue weighted by atomic mass is 16.2. The second-order valence-electron chi connectivity index (χ2n) is 9.46. The van der Waals surface area contributed by atoms with Crippen molar-refractivity contribution in [3.05, 3.63) is 23.4 Å². The third-order valence-corrected chi connectivity index (χ3v) is 6.94. The molecule has 3 heteroatoms. The van der Waals surface area contributed by atoms with E-state index in [1.54, 1.807) is 5.70 Å². The fourth-order valence-electron chi connectivity index (χ4n) is 4.88. The first-order valence-electron chi connectivity index (χ1n) is 12.4. The van der Waals surface area contributed by atoms with E-state index in [1.165, 1.54) is 56.9 Å². The van der Waals surface area contributed by atoms with Crippen LogP contribution in [0.4, 0.5) is 0 Å². The number of allylic oxidation sites excluding steroid dienone is 4. The third-order valence-electron chi connectivity index (χ3n) is 6.94. The summed E-state index contributed by atoms with van der Waals surface area (Å²) in [6.07, 6.45) is 17.5. The quantitative estimate of drug-likeness (QED) is 0.339. The fourth-order valence-corrected chi connectivity index (χ4v) is 4.88. The highest BCUT2D eigenvalue weighted by molar-refractivity contribution is 5.77. The molecule has 3 nitrogen and oxygen atoms in total. The van der Waals surface area contributed by atoms with Crippen LogP contribution in [0.1, 0.15) is 105 Å². The van der Waals surface area contributed by atoms with Crippen molar-refractivity contribution >= 4 is 5.91 Å². The molecule has 166 valence electrons. The number of nitrogens with zero attached hydrogens (tertiary/aromatic N) is 2. The predicted octanol–water partition coefficient (Wildman–Crippen LogP) is 6.70. The van der Waals surface area contributed by atoms with Gasteiger partial charge in [0.25, 0.3) is 0 Å². The summed E-state index contributed by atoms with van der Waals surface area (Å²) >= 11 is 0. The molecule has 2 aliphatic carbocycles. The molecule has 2 aliphatic rings. The van der Waals surface area contributed by atoms with Crippen LogP contribution in [0, 0.1) is 5.41 Å². The van der Waals surface area contributed by atoms with Crippen LogP contribution in [0.25, 0.3) is 0 Å². The average Bonchev–Trinajstić information content (AvgIpc) is 3.44. The zero-order valence-corrected chi connectivity index (χ0v) is 19.9. The second-order valence-corrected chi connectivity index (χ2v) is 9.46. The molecule has 1 atom stereocenters. The summed E-state index contributed by atoms with van der Waals surface area (Å²) in [5, 5.41) is 0. The summed E-state index contributed by atoms with van der Waals surface area (Å²) in [7, 11) is 0. The largest absolute Gasteiger partial charge is 0.372 e. The Morgan fingerprint density at radius 3 is 2.45 bits per heavy atom. The van der Waals surface area contributed by atoms with Crippen LogP contribution in [-0.2, 0) is 4.79 Å². The van der Waals surface area contributed by atoms with Gasteiger partial charge in [0.2, 0.25) is 5.91 Å². The Labute approximate surface area is 180 Å². The van der Waals surface area contributed by atoms with Crippen molar-refractivity contribution < 1.29 is 4.79 Å². The maximum Gasteiger partial charge on any atom is 0.223 e. The molecule has 2 rings (SSSR count). The van der Waals surface area contributed by atoms with E-state index in [-0.39, 0.29) is 5.41 Å². The van der Waals surface area contributed by atoms with E-state index in [2.05, 4.69) is 56.6 Å². The van der Waals surface area contributed by atoms with Gasteiger partial charge in [-0.05, 0) is 77.0 Å². The van der Waals surface area contributed by atoms with Gasteiger partial charge in [-0.1, -0.05) is 44.9 Å². The van der Waals surface area contributed by atoms with Crippen LogP contribution in [0.15, 0.2) is 23.4 Å². The van der Waals surface area contributed by atoms with Gasteiger partial charge in [0.1, 0.15) is 0 Å². The molecule has 0 unspecified atom stereocenters. The molecule has 1 saturated carbocycles. The molecule has 0 aromatic rings. The van der Waals surface area contributed by atoms with Gasteiger partial charge in [-0.25, -0.2) is 0 Å². The number of carbonyl (C=O) groups excluding carboxylic acids is 1. The van der Waals surface area contributed by atoms with Crippen molar-refractivity contribution in [2.75, 3.05) is 19.6 Å². The topological polar surface area (TPSA) is 23.6 Å². The maximum atomic E-state index is 13.0. The zero-order chi connectivity index (χ0) is 21.3. The summed E-state index contributed by atoms with van der Waals surface area (Å²) in [4.78, 5) is 17.8. The molecular formula is C26H46N2O. The lowest BCUT2D eigenvalue weighted by molar-refractivity contribution is -0.132. The summed E-state index contributed by atoms with van der Waals surface area (Å²) < 4.78 is 0. The van der Waals surface area contributed by atoms with Crippen molar-refractivity contribution in [2.24, 2.45) is 5.41 Å². The lowest BCUT2D eigenvalue weighted by Crippen LogP contribution is -2.41. The molecule has 0 N–H and O–H groups in total. The van der Waals surface area contributed by atoms with Crippen molar-refractivity contribution in [3.8, 4) is 0 Å². The first-order chi connectivity index (χ1) is 14.0. The van der Waals surface area contributed by atoms with Crippen LogP contribution in [0.2, 0.25) is 0 Å². The van der Waals surface area contributed by atoms with Gasteiger partial charge in [-0.15, -0.1) is 0 Å². The highest BCUT2D eigenvalue weighted by Crippen LogP contribution is 2.51. The van der Waals surface area contributed by atoms with Gasteiger partial charge in [0.05, 0.1) is 0 Å². The number of amides is 1. The first kappa shape index (κ1) is 24.0. The fraction of sp³-hybridized carbons (Fsp3) is 0.808. The SMILES string of the molecule is CCC[C@@H](CC)N(CC1(CC(=O)N(CC)CCC)CC1)/C1=C/C/C=C(/C)CCC1. The van der Waals surface area contributed by atoms with E-state index < -0.39 is 0 Å². The summed E-state index contributed by atoms with van der Waals surface area (Å²) in [5.41, 5.74) is 3.30. The van der Waals surface area contributed by atoms with E-state index in [0.29, 0.717) is 11.9 Å². The smallest absolute Gasteiger partial charge is 0.223 e. The van der Waals surface area contributed by atoms with Crippen LogP contribution < -0.4 is 0 Å². The monoisotopic (exact) mass is 402 g/mol. The standard InChI is InChI=1S/C26H46N2O/c1-6-12-23(8-3)28(24-15-10-13-22(5)14-11-16-24)21-26(17-18-26)20-25(29)27(9-4)19-7-2/h13,15,23H,6-12,14,16-21H2,1-5H3/b22-13-,24-15+/t23-/m1/s1. The lowest BCUT2D eigenvalue weighted by atomic mass is 9.95. The van der Waals surface area contributed by atoms with E-state index >= 15 is 0 Å². The number of hydrogen-bond donors (Lipinski definition) is 0. The van der Waals surface area contributed by atoms with E-state index in [1.807, 2.05) is 0 Å². The molecule has 29 heavy (non-hydrogen) atoms. The van der Waals surface area contributed by atoms with Gasteiger partial charge in [-0.2, -0.15) is 0 Å². The predicted molar refractivity (Wildman–Crippen MR) is 125 cm³/mol. The van der Waals surface area contributed by atoms with Crippen molar-refractivity contribution in [1.29, 1.82) is 0 Å². The summed E-state index contributed by atoms with van der Waals surface area (Å²) in [6.45, 7) is 14.0. The van der Waals surface area contributed by atoms with Crippen molar-refractivity contribution in [2.45, 2.75) is 111 Å². The Morgan fingerprint density at radius 2 is 1.86 bits per heavy atom. The molecular weight excluding hydrogens is 356 g/mol. The van der Waals surface area contributed by atoms with Crippen LogP contribution >= 0.6 is 0 Å². The van der Waals surface area contributed by atoms with Crippen LogP contribution in [0.3, 0.4) is 0 Å². The lowest BCUT2D eigenvalue weighted by Gasteiger charge is -2.39. The molecule has 0 aliphatic heterocycles. The minimum absolute atomic E-state index is 0.217. The van der Waals surface area contributed by atoms with Gasteiger partial charge >= 0.3 is 0 Å². The number of rotatable bonds is 12. The number of hydrogen-bond acceptors (Lipinski definition) is 2. The summed E-state index contributed by atoms with van der Waals surface area (Å²) in [6, 6.07) is 0.612.